The van der Waals surface area contributed by atoms with E-state index in [-0.39, 0.29) is 18.3 Å². The third-order valence-electron chi connectivity index (χ3n) is 4.48. The Labute approximate surface area is 191 Å². The van der Waals surface area contributed by atoms with Crippen LogP contribution in [0, 0.1) is 13.8 Å². The lowest BCUT2D eigenvalue weighted by Crippen LogP contribution is -2.14. The molecule has 0 fully saturated rings. The summed E-state index contributed by atoms with van der Waals surface area (Å²) >= 11 is 7.52. The second-order valence-corrected chi connectivity index (χ2v) is 8.23. The Morgan fingerprint density at radius 1 is 1.10 bits per heavy atom. The minimum absolute atomic E-state index is 0.123. The van der Waals surface area contributed by atoms with Gasteiger partial charge in [-0.2, -0.15) is 0 Å². The zero-order valence-electron chi connectivity index (χ0n) is 17.9. The Hall–Kier alpha value is -2.71. The number of hydrogen-bond donors (Lipinski definition) is 1. The molecule has 0 saturated heterocycles. The molecule has 0 radical (unpaired) electrons. The Kier molecular flexibility index (Phi) is 7.81. The number of carbonyl (C=O) groups is 1. The largest absolute Gasteiger partial charge is 0.494 e. The first-order valence-electron chi connectivity index (χ1n) is 9.80. The first-order valence-corrected chi connectivity index (χ1v) is 11.2. The summed E-state index contributed by atoms with van der Waals surface area (Å²) in [5.74, 6) is 2.26. The van der Waals surface area contributed by atoms with Crippen LogP contribution in [0.4, 0.5) is 5.69 Å². The summed E-state index contributed by atoms with van der Waals surface area (Å²) in [6, 6.07) is 11.1. The lowest BCUT2D eigenvalue weighted by atomic mass is 10.1. The molecule has 0 saturated carbocycles. The van der Waals surface area contributed by atoms with E-state index in [4.69, 9.17) is 21.1 Å². The van der Waals surface area contributed by atoms with Gasteiger partial charge in [-0.05, 0) is 68.3 Å². The number of carbonyl (C=O) groups excluding carboxylic acids is 1. The highest BCUT2D eigenvalue weighted by atomic mass is 35.5. The molecule has 0 spiro atoms. The highest BCUT2D eigenvalue weighted by molar-refractivity contribution is 7.99. The zero-order chi connectivity index (χ0) is 22.4. The van der Waals surface area contributed by atoms with E-state index >= 15 is 0 Å². The molecule has 164 valence electrons. The molecule has 1 N–H and O–H groups in total. The van der Waals surface area contributed by atoms with Gasteiger partial charge in [0.2, 0.25) is 5.91 Å². The summed E-state index contributed by atoms with van der Waals surface area (Å²) in [6.07, 6.45) is 0. The third kappa shape index (κ3) is 6.15. The van der Waals surface area contributed by atoms with Crippen LogP contribution < -0.4 is 14.8 Å². The van der Waals surface area contributed by atoms with Crippen LogP contribution in [-0.4, -0.2) is 33.0 Å². The molecule has 7 nitrogen and oxygen atoms in total. The fraction of sp³-hybridized carbons (Fsp3) is 0.318. The topological polar surface area (TPSA) is 78.3 Å². The first kappa shape index (κ1) is 23.0. The molecule has 9 heteroatoms. The van der Waals surface area contributed by atoms with Gasteiger partial charge in [0.25, 0.3) is 0 Å². The van der Waals surface area contributed by atoms with Gasteiger partial charge >= 0.3 is 0 Å². The maximum absolute atomic E-state index is 12.3. The fourth-order valence-corrected chi connectivity index (χ4v) is 3.70. The fourth-order valence-electron chi connectivity index (χ4n) is 2.86. The molecular formula is C22H25ClN4O3S. The van der Waals surface area contributed by atoms with Gasteiger partial charge in [-0.15, -0.1) is 10.2 Å². The standard InChI is InChI=1S/C22H25ClN4O3S/c1-5-29-17-8-6-16(7-9-17)24-20(28)13-31-22-26-25-19(27(22)4)12-30-18-10-14(2)21(23)15(3)11-18/h6-11H,5,12-13H2,1-4H3,(H,24,28). The molecular weight excluding hydrogens is 436 g/mol. The second kappa shape index (κ2) is 10.5. The van der Waals surface area contributed by atoms with E-state index in [0.717, 1.165) is 33.3 Å². The number of aromatic nitrogens is 3. The molecule has 1 heterocycles. The van der Waals surface area contributed by atoms with Crippen LogP contribution >= 0.6 is 23.4 Å². The monoisotopic (exact) mass is 460 g/mol. The second-order valence-electron chi connectivity index (χ2n) is 6.91. The van der Waals surface area contributed by atoms with Gasteiger partial charge in [0, 0.05) is 17.8 Å². The molecule has 0 aliphatic rings. The van der Waals surface area contributed by atoms with Crippen LogP contribution in [0.2, 0.25) is 5.02 Å². The van der Waals surface area contributed by atoms with Gasteiger partial charge in [0.15, 0.2) is 11.0 Å². The quantitative estimate of drug-likeness (QED) is 0.462. The highest BCUT2D eigenvalue weighted by Crippen LogP contribution is 2.26. The Morgan fingerprint density at radius 3 is 2.42 bits per heavy atom. The molecule has 0 bridgehead atoms. The number of benzene rings is 2. The molecule has 0 aliphatic heterocycles. The number of nitrogens with one attached hydrogen (secondary N) is 1. The van der Waals surface area contributed by atoms with E-state index in [0.29, 0.717) is 17.6 Å². The summed E-state index contributed by atoms with van der Waals surface area (Å²) in [6.45, 7) is 6.68. The lowest BCUT2D eigenvalue weighted by molar-refractivity contribution is -0.113. The van der Waals surface area contributed by atoms with Crippen LogP contribution in [0.15, 0.2) is 41.6 Å². The smallest absolute Gasteiger partial charge is 0.234 e. The van der Waals surface area contributed by atoms with Crippen molar-refractivity contribution in [2.75, 3.05) is 17.7 Å². The summed E-state index contributed by atoms with van der Waals surface area (Å²) < 4.78 is 13.1. The molecule has 31 heavy (non-hydrogen) atoms. The van der Waals surface area contributed by atoms with E-state index in [1.165, 1.54) is 11.8 Å². The SMILES string of the molecule is CCOc1ccc(NC(=O)CSc2nnc(COc3cc(C)c(Cl)c(C)c3)n2C)cc1. The van der Waals surface area contributed by atoms with Gasteiger partial charge in [-0.25, -0.2) is 0 Å². The molecule has 2 aromatic carbocycles. The number of halogens is 1. The van der Waals surface area contributed by atoms with Crippen molar-refractivity contribution in [2.45, 2.75) is 32.5 Å². The first-order chi connectivity index (χ1) is 14.9. The van der Waals surface area contributed by atoms with Gasteiger partial charge in [0.1, 0.15) is 18.1 Å². The van der Waals surface area contributed by atoms with Crippen molar-refractivity contribution in [1.82, 2.24) is 14.8 Å². The average Bonchev–Trinajstić information content (AvgIpc) is 3.10. The molecule has 0 atom stereocenters. The number of thioether (sulfide) groups is 1. The van der Waals surface area contributed by atoms with Gasteiger partial charge in [0.05, 0.1) is 12.4 Å². The molecule has 0 aliphatic carbocycles. The molecule has 1 aromatic heterocycles. The zero-order valence-corrected chi connectivity index (χ0v) is 19.5. The normalized spacial score (nSPS) is 10.7. The summed E-state index contributed by atoms with van der Waals surface area (Å²) in [5.41, 5.74) is 2.64. The van der Waals surface area contributed by atoms with Crippen LogP contribution in [-0.2, 0) is 18.4 Å². The van der Waals surface area contributed by atoms with E-state index in [9.17, 15) is 4.79 Å². The number of hydrogen-bond acceptors (Lipinski definition) is 6. The minimum Gasteiger partial charge on any atom is -0.494 e. The van der Waals surface area contributed by atoms with Gasteiger partial charge < -0.3 is 19.4 Å². The van der Waals surface area contributed by atoms with Crippen molar-refractivity contribution in [3.05, 3.63) is 58.4 Å². The third-order valence-corrected chi connectivity index (χ3v) is 6.10. The Bertz CT molecular complexity index is 1030. The summed E-state index contributed by atoms with van der Waals surface area (Å²) in [7, 11) is 1.85. The van der Waals surface area contributed by atoms with E-state index < -0.39 is 0 Å². The van der Waals surface area contributed by atoms with Crippen LogP contribution in [0.5, 0.6) is 11.5 Å². The molecule has 3 aromatic rings. The summed E-state index contributed by atoms with van der Waals surface area (Å²) in [4.78, 5) is 12.3. The maximum atomic E-state index is 12.3. The van der Waals surface area contributed by atoms with E-state index in [2.05, 4.69) is 15.5 Å². The van der Waals surface area contributed by atoms with Gasteiger partial charge in [-0.3, -0.25) is 4.79 Å². The predicted octanol–water partition coefficient (Wildman–Crippen LogP) is 4.79. The van der Waals surface area contributed by atoms with Crippen molar-refractivity contribution < 1.29 is 14.3 Å². The number of rotatable bonds is 9. The van der Waals surface area contributed by atoms with Crippen LogP contribution in [0.1, 0.15) is 23.9 Å². The average molecular weight is 461 g/mol. The number of aryl methyl sites for hydroxylation is 2. The van der Waals surface area contributed by atoms with E-state index in [1.807, 2.05) is 68.8 Å². The minimum atomic E-state index is -0.123. The van der Waals surface area contributed by atoms with E-state index in [1.54, 1.807) is 0 Å². The van der Waals surface area contributed by atoms with Crippen molar-refractivity contribution >= 4 is 35.0 Å². The van der Waals surface area contributed by atoms with Gasteiger partial charge in [-0.1, -0.05) is 23.4 Å². The van der Waals surface area contributed by atoms with Crippen molar-refractivity contribution in [1.29, 1.82) is 0 Å². The Morgan fingerprint density at radius 2 is 1.77 bits per heavy atom. The Balaban J connectivity index is 1.52. The van der Waals surface area contributed by atoms with Crippen molar-refractivity contribution in [3.8, 4) is 11.5 Å². The van der Waals surface area contributed by atoms with Crippen molar-refractivity contribution in [2.24, 2.45) is 7.05 Å². The number of amides is 1. The summed E-state index contributed by atoms with van der Waals surface area (Å²) in [5, 5.41) is 12.6. The predicted molar refractivity (Wildman–Crippen MR) is 123 cm³/mol. The van der Waals surface area contributed by atoms with Crippen molar-refractivity contribution in [3.63, 3.8) is 0 Å². The number of ether oxygens (including phenoxy) is 2. The maximum Gasteiger partial charge on any atom is 0.234 e. The number of anilines is 1. The lowest BCUT2D eigenvalue weighted by Gasteiger charge is -2.10. The molecule has 0 unspecified atom stereocenters. The van der Waals surface area contributed by atoms with Crippen LogP contribution in [0.3, 0.4) is 0 Å². The van der Waals surface area contributed by atoms with Crippen LogP contribution in [0.25, 0.3) is 0 Å². The number of nitrogens with zero attached hydrogens (tertiary/aromatic N) is 3. The highest BCUT2D eigenvalue weighted by Gasteiger charge is 2.13. The molecule has 1 amide bonds. The molecule has 3 rings (SSSR count).